The Bertz CT molecular complexity index is 451. The van der Waals surface area contributed by atoms with Crippen molar-refractivity contribution in [3.05, 3.63) is 21.9 Å². The lowest BCUT2D eigenvalue weighted by Crippen LogP contribution is -2.04. The monoisotopic (exact) mass is 225 g/mol. The summed E-state index contributed by atoms with van der Waals surface area (Å²) in [6, 6.07) is 0. The summed E-state index contributed by atoms with van der Waals surface area (Å²) in [5.41, 5.74) is 0.671. The molecule has 0 aliphatic heterocycles. The van der Waals surface area contributed by atoms with Crippen molar-refractivity contribution in [2.75, 3.05) is 0 Å². The zero-order valence-corrected chi connectivity index (χ0v) is 9.27. The minimum Gasteiger partial charge on any atom is -0.386 e. The van der Waals surface area contributed by atoms with Crippen LogP contribution in [-0.2, 0) is 13.5 Å². The van der Waals surface area contributed by atoms with Crippen molar-refractivity contribution in [3.63, 3.8) is 0 Å². The number of tetrazole rings is 1. The molecule has 1 atom stereocenters. The van der Waals surface area contributed by atoms with Gasteiger partial charge in [0.15, 0.2) is 5.82 Å². The summed E-state index contributed by atoms with van der Waals surface area (Å²) in [5, 5.41) is 24.1. The van der Waals surface area contributed by atoms with E-state index in [2.05, 4.69) is 20.4 Å². The molecule has 6 nitrogen and oxygen atoms in total. The third kappa shape index (κ3) is 2.37. The van der Waals surface area contributed by atoms with E-state index >= 15 is 0 Å². The van der Waals surface area contributed by atoms with E-state index < -0.39 is 6.10 Å². The number of hydrogen-bond acceptors (Lipinski definition) is 6. The molecule has 15 heavy (non-hydrogen) atoms. The van der Waals surface area contributed by atoms with Crippen LogP contribution in [0, 0.1) is 6.92 Å². The topological polar surface area (TPSA) is 76.7 Å². The molecule has 2 aromatic heterocycles. The number of aromatic nitrogens is 5. The van der Waals surface area contributed by atoms with E-state index in [1.807, 2.05) is 12.3 Å². The Balaban J connectivity index is 2.06. The molecule has 0 fully saturated rings. The Morgan fingerprint density at radius 2 is 2.40 bits per heavy atom. The fourth-order valence-electron chi connectivity index (χ4n) is 1.22. The maximum atomic E-state index is 9.82. The first kappa shape index (κ1) is 10.2. The van der Waals surface area contributed by atoms with Crippen molar-refractivity contribution in [3.8, 4) is 0 Å². The summed E-state index contributed by atoms with van der Waals surface area (Å²) in [6.45, 7) is 1.90. The van der Waals surface area contributed by atoms with E-state index in [9.17, 15) is 5.11 Å². The summed E-state index contributed by atoms with van der Waals surface area (Å²) in [6.07, 6.45) is -0.309. The van der Waals surface area contributed by atoms with Gasteiger partial charge >= 0.3 is 0 Å². The zero-order valence-electron chi connectivity index (χ0n) is 8.45. The zero-order chi connectivity index (χ0) is 10.8. The van der Waals surface area contributed by atoms with Crippen LogP contribution < -0.4 is 0 Å². The first-order valence-corrected chi connectivity index (χ1v) is 5.36. The van der Waals surface area contributed by atoms with Crippen molar-refractivity contribution < 1.29 is 5.11 Å². The maximum Gasteiger partial charge on any atom is 0.177 e. The van der Waals surface area contributed by atoms with Gasteiger partial charge in [-0.1, -0.05) is 0 Å². The number of aliphatic hydroxyl groups excluding tert-OH is 1. The fourth-order valence-corrected chi connectivity index (χ4v) is 1.87. The lowest BCUT2D eigenvalue weighted by atomic mass is 10.2. The number of aliphatic hydroxyl groups is 1. The molecule has 0 aliphatic rings. The molecule has 0 radical (unpaired) electrons. The van der Waals surface area contributed by atoms with E-state index in [1.165, 1.54) is 16.1 Å². The average molecular weight is 225 g/mol. The summed E-state index contributed by atoms with van der Waals surface area (Å²) in [7, 11) is 1.69. The Hall–Kier alpha value is -1.34. The molecule has 0 saturated carbocycles. The second kappa shape index (κ2) is 4.03. The summed E-state index contributed by atoms with van der Waals surface area (Å²) < 4.78 is 0. The van der Waals surface area contributed by atoms with Crippen molar-refractivity contribution in [1.29, 1.82) is 0 Å². The molecule has 0 spiro atoms. The molecule has 1 unspecified atom stereocenters. The highest BCUT2D eigenvalue weighted by atomic mass is 32.1. The van der Waals surface area contributed by atoms with Gasteiger partial charge < -0.3 is 5.11 Å². The predicted molar refractivity (Wildman–Crippen MR) is 54.3 cm³/mol. The molecule has 0 bridgehead atoms. The fraction of sp³-hybridized carbons (Fsp3) is 0.500. The van der Waals surface area contributed by atoms with E-state index in [0.29, 0.717) is 17.9 Å². The van der Waals surface area contributed by atoms with Gasteiger partial charge in [0, 0.05) is 11.8 Å². The molecular weight excluding hydrogens is 214 g/mol. The number of aryl methyl sites for hydroxylation is 2. The van der Waals surface area contributed by atoms with Crippen LogP contribution in [0.4, 0.5) is 0 Å². The van der Waals surface area contributed by atoms with Crippen LogP contribution in [-0.4, -0.2) is 30.3 Å². The van der Waals surface area contributed by atoms with Crippen LogP contribution in [0.3, 0.4) is 0 Å². The number of hydrogen-bond donors (Lipinski definition) is 1. The van der Waals surface area contributed by atoms with Gasteiger partial charge in [-0.2, -0.15) is 4.80 Å². The molecule has 80 valence electrons. The second-order valence-corrected chi connectivity index (χ2v) is 4.27. The largest absolute Gasteiger partial charge is 0.386 e. The number of rotatable bonds is 3. The molecule has 0 saturated heterocycles. The summed E-state index contributed by atoms with van der Waals surface area (Å²) in [5.74, 6) is 0.524. The van der Waals surface area contributed by atoms with Crippen LogP contribution in [0.1, 0.15) is 22.6 Å². The molecule has 1 N–H and O–H groups in total. The van der Waals surface area contributed by atoms with Crippen LogP contribution in [0.15, 0.2) is 5.38 Å². The SMILES string of the molecule is Cc1nc(C(O)Cc2nnn(C)n2)cs1. The van der Waals surface area contributed by atoms with Crippen molar-refractivity contribution >= 4 is 11.3 Å². The Labute approximate surface area is 90.6 Å². The van der Waals surface area contributed by atoms with Crippen LogP contribution in [0.2, 0.25) is 0 Å². The van der Waals surface area contributed by atoms with E-state index in [1.54, 1.807) is 7.05 Å². The van der Waals surface area contributed by atoms with Crippen LogP contribution in [0.5, 0.6) is 0 Å². The Morgan fingerprint density at radius 3 is 2.93 bits per heavy atom. The highest BCUT2D eigenvalue weighted by Gasteiger charge is 2.14. The molecule has 0 amide bonds. The first-order valence-electron chi connectivity index (χ1n) is 4.48. The number of nitrogens with zero attached hydrogens (tertiary/aromatic N) is 5. The normalized spacial score (nSPS) is 13.0. The highest BCUT2D eigenvalue weighted by Crippen LogP contribution is 2.18. The Morgan fingerprint density at radius 1 is 1.60 bits per heavy atom. The van der Waals surface area contributed by atoms with Gasteiger partial charge in [-0.05, 0) is 12.1 Å². The number of thiazole rings is 1. The third-order valence-electron chi connectivity index (χ3n) is 1.90. The molecule has 0 aromatic carbocycles. The lowest BCUT2D eigenvalue weighted by molar-refractivity contribution is 0.171. The highest BCUT2D eigenvalue weighted by molar-refractivity contribution is 7.09. The van der Waals surface area contributed by atoms with Gasteiger partial charge in [0.05, 0.1) is 17.7 Å². The molecule has 2 heterocycles. The van der Waals surface area contributed by atoms with Crippen LogP contribution in [0.25, 0.3) is 0 Å². The standard InChI is InChI=1S/C8H11N5OS/c1-5-9-6(4-15-5)7(14)3-8-10-12-13(2)11-8/h4,7,14H,3H2,1-2H3. The smallest absolute Gasteiger partial charge is 0.177 e. The van der Waals surface area contributed by atoms with Gasteiger partial charge in [0.25, 0.3) is 0 Å². The van der Waals surface area contributed by atoms with Crippen molar-refractivity contribution in [2.45, 2.75) is 19.4 Å². The average Bonchev–Trinajstić information content (AvgIpc) is 2.75. The van der Waals surface area contributed by atoms with Gasteiger partial charge in [0.1, 0.15) is 6.10 Å². The Kier molecular flexibility index (Phi) is 2.74. The van der Waals surface area contributed by atoms with Gasteiger partial charge in [-0.3, -0.25) is 0 Å². The summed E-state index contributed by atoms with van der Waals surface area (Å²) >= 11 is 1.52. The summed E-state index contributed by atoms with van der Waals surface area (Å²) in [4.78, 5) is 5.57. The van der Waals surface area contributed by atoms with Gasteiger partial charge in [0.2, 0.25) is 0 Å². The minimum absolute atomic E-state index is 0.344. The van der Waals surface area contributed by atoms with Crippen LogP contribution >= 0.6 is 11.3 Å². The van der Waals surface area contributed by atoms with E-state index in [4.69, 9.17) is 0 Å². The van der Waals surface area contributed by atoms with Gasteiger partial charge in [-0.25, -0.2) is 4.98 Å². The molecule has 2 rings (SSSR count). The van der Waals surface area contributed by atoms with Crippen molar-refractivity contribution in [2.24, 2.45) is 7.05 Å². The predicted octanol–water partition coefficient (Wildman–Crippen LogP) is 0.251. The molecule has 2 aromatic rings. The minimum atomic E-state index is -0.654. The first-order chi connectivity index (χ1) is 7.15. The molecule has 0 aliphatic carbocycles. The second-order valence-electron chi connectivity index (χ2n) is 3.21. The van der Waals surface area contributed by atoms with E-state index in [0.717, 1.165) is 5.01 Å². The molecular formula is C8H11N5OS. The molecule has 7 heteroatoms. The third-order valence-corrected chi connectivity index (χ3v) is 2.70. The van der Waals surface area contributed by atoms with Gasteiger partial charge in [-0.15, -0.1) is 21.5 Å². The van der Waals surface area contributed by atoms with E-state index in [-0.39, 0.29) is 0 Å². The van der Waals surface area contributed by atoms with Crippen molar-refractivity contribution in [1.82, 2.24) is 25.2 Å². The maximum absolute atomic E-state index is 9.82. The lowest BCUT2D eigenvalue weighted by Gasteiger charge is -2.03. The quantitative estimate of drug-likeness (QED) is 0.810.